The van der Waals surface area contributed by atoms with Gasteiger partial charge in [0.15, 0.2) is 11.6 Å². The predicted octanol–water partition coefficient (Wildman–Crippen LogP) is 1.87. The second-order valence-corrected chi connectivity index (χ2v) is 5.45. The molecule has 0 aliphatic carbocycles. The Morgan fingerprint density at radius 1 is 1.13 bits per heavy atom. The van der Waals surface area contributed by atoms with Crippen molar-refractivity contribution >= 4 is 17.5 Å². The molecule has 1 unspecified atom stereocenters. The summed E-state index contributed by atoms with van der Waals surface area (Å²) in [6.07, 6.45) is 0.991. The van der Waals surface area contributed by atoms with E-state index in [1.165, 1.54) is 0 Å². The van der Waals surface area contributed by atoms with Gasteiger partial charge >= 0.3 is 0 Å². The van der Waals surface area contributed by atoms with Crippen LogP contribution in [0.4, 0.5) is 11.6 Å². The molecule has 2 heterocycles. The van der Waals surface area contributed by atoms with Crippen molar-refractivity contribution in [1.82, 2.24) is 4.98 Å². The lowest BCUT2D eigenvalue weighted by Crippen LogP contribution is -2.42. The molecule has 0 bridgehead atoms. The van der Waals surface area contributed by atoms with E-state index in [9.17, 15) is 4.79 Å². The first kappa shape index (κ1) is 15.3. The fourth-order valence-corrected chi connectivity index (χ4v) is 2.63. The highest BCUT2D eigenvalue weighted by atomic mass is 16.5. The van der Waals surface area contributed by atoms with E-state index >= 15 is 0 Å². The summed E-state index contributed by atoms with van der Waals surface area (Å²) in [5.74, 6) is 1.29. The molecule has 1 amide bonds. The fraction of sp³-hybridized carbons (Fsp3) is 0.294. The monoisotopic (exact) mass is 312 g/mol. The molecule has 0 saturated carbocycles. The minimum atomic E-state index is -0.660. The zero-order chi connectivity index (χ0) is 16.2. The van der Waals surface area contributed by atoms with Gasteiger partial charge in [0.2, 0.25) is 6.10 Å². The van der Waals surface area contributed by atoms with E-state index in [1.807, 2.05) is 30.3 Å². The number of benzene rings is 1. The minimum absolute atomic E-state index is 0.126. The number of fused-ring (bicyclic) bond motifs is 1. The molecule has 1 aliphatic heterocycles. The van der Waals surface area contributed by atoms with Crippen LogP contribution >= 0.6 is 0 Å². The van der Waals surface area contributed by atoms with Crippen LogP contribution < -0.4 is 21.1 Å². The van der Waals surface area contributed by atoms with Gasteiger partial charge in [-0.05, 0) is 31.5 Å². The lowest BCUT2D eigenvalue weighted by molar-refractivity contribution is -0.126. The Labute approximate surface area is 135 Å². The molecule has 2 aromatic rings. The summed E-state index contributed by atoms with van der Waals surface area (Å²) >= 11 is 0. The summed E-state index contributed by atoms with van der Waals surface area (Å²) in [5, 5.41) is 0. The zero-order valence-electron chi connectivity index (χ0n) is 12.8. The molecule has 120 valence electrons. The van der Waals surface area contributed by atoms with Gasteiger partial charge in [-0.25, -0.2) is 4.98 Å². The van der Waals surface area contributed by atoms with E-state index in [1.54, 1.807) is 17.0 Å². The number of nitrogens with zero attached hydrogens (tertiary/aromatic N) is 2. The van der Waals surface area contributed by atoms with Gasteiger partial charge in [0, 0.05) is 12.1 Å². The zero-order valence-corrected chi connectivity index (χ0v) is 12.8. The number of amides is 1. The van der Waals surface area contributed by atoms with E-state index in [0.29, 0.717) is 30.5 Å². The number of unbranched alkanes of at least 4 members (excludes halogenated alkanes) is 1. The number of aromatic nitrogens is 1. The lowest BCUT2D eigenvalue weighted by Gasteiger charge is -2.33. The summed E-state index contributed by atoms with van der Waals surface area (Å²) < 4.78 is 5.89. The van der Waals surface area contributed by atoms with E-state index in [2.05, 4.69) is 4.98 Å². The highest BCUT2D eigenvalue weighted by molar-refractivity contribution is 5.99. The van der Waals surface area contributed by atoms with E-state index in [4.69, 9.17) is 16.2 Å². The first-order valence-corrected chi connectivity index (χ1v) is 7.70. The van der Waals surface area contributed by atoms with Crippen LogP contribution in [-0.2, 0) is 4.79 Å². The largest absolute Gasteiger partial charge is 0.472 e. The molecule has 0 radical (unpaired) electrons. The number of nitrogen functional groups attached to an aromatic ring is 1. The van der Waals surface area contributed by atoms with Crippen LogP contribution in [0, 0.1) is 0 Å². The number of rotatable bonds is 5. The molecule has 23 heavy (non-hydrogen) atoms. The van der Waals surface area contributed by atoms with Crippen LogP contribution in [0.3, 0.4) is 0 Å². The molecule has 0 fully saturated rings. The number of anilines is 2. The summed E-state index contributed by atoms with van der Waals surface area (Å²) in [6.45, 7) is 1.14. The van der Waals surface area contributed by atoms with E-state index < -0.39 is 6.10 Å². The molecular formula is C17H20N4O2. The Kier molecular flexibility index (Phi) is 4.43. The predicted molar refractivity (Wildman–Crippen MR) is 89.1 cm³/mol. The number of nitrogens with two attached hydrogens (primary N) is 2. The highest BCUT2D eigenvalue weighted by Crippen LogP contribution is 2.38. The standard InChI is InChI=1S/C17H20N4O2/c18-10-4-5-11-21-16-13(8-9-14(19)20-16)23-15(17(21)22)12-6-2-1-3-7-12/h1-3,6-9,15H,4-5,10-11,18H2,(H2,19,20). The summed E-state index contributed by atoms with van der Waals surface area (Å²) in [4.78, 5) is 18.8. The lowest BCUT2D eigenvalue weighted by atomic mass is 10.1. The van der Waals surface area contributed by atoms with Crippen LogP contribution in [0.15, 0.2) is 42.5 Å². The topological polar surface area (TPSA) is 94.5 Å². The van der Waals surface area contributed by atoms with Gasteiger partial charge in [-0.3, -0.25) is 9.69 Å². The van der Waals surface area contributed by atoms with Gasteiger partial charge in [0.1, 0.15) is 5.82 Å². The summed E-state index contributed by atoms with van der Waals surface area (Å²) in [7, 11) is 0. The summed E-state index contributed by atoms with van der Waals surface area (Å²) in [5.41, 5.74) is 12.1. The molecule has 0 saturated heterocycles. The van der Waals surface area contributed by atoms with Gasteiger partial charge in [-0.2, -0.15) is 0 Å². The van der Waals surface area contributed by atoms with Crippen molar-refractivity contribution in [3.63, 3.8) is 0 Å². The Morgan fingerprint density at radius 3 is 2.65 bits per heavy atom. The van der Waals surface area contributed by atoms with Crippen LogP contribution in [-0.4, -0.2) is 24.0 Å². The third kappa shape index (κ3) is 3.12. The minimum Gasteiger partial charge on any atom is -0.472 e. The smallest absolute Gasteiger partial charge is 0.274 e. The second-order valence-electron chi connectivity index (χ2n) is 5.45. The van der Waals surface area contributed by atoms with E-state index in [0.717, 1.165) is 18.4 Å². The molecule has 1 atom stereocenters. The first-order chi connectivity index (χ1) is 11.2. The average molecular weight is 312 g/mol. The maximum absolute atomic E-state index is 12.9. The van der Waals surface area contributed by atoms with Gasteiger partial charge in [0.05, 0.1) is 0 Å². The molecule has 0 spiro atoms. The Balaban J connectivity index is 1.95. The van der Waals surface area contributed by atoms with Gasteiger partial charge in [-0.15, -0.1) is 0 Å². The Hall–Kier alpha value is -2.60. The third-order valence-electron chi connectivity index (χ3n) is 3.79. The van der Waals surface area contributed by atoms with Crippen LogP contribution in [0.2, 0.25) is 0 Å². The van der Waals surface area contributed by atoms with Crippen molar-refractivity contribution < 1.29 is 9.53 Å². The van der Waals surface area contributed by atoms with Crippen molar-refractivity contribution in [2.45, 2.75) is 18.9 Å². The Bertz CT molecular complexity index is 690. The average Bonchev–Trinajstić information content (AvgIpc) is 2.57. The van der Waals surface area contributed by atoms with Gasteiger partial charge in [-0.1, -0.05) is 30.3 Å². The molecule has 1 aromatic carbocycles. The van der Waals surface area contributed by atoms with Crippen molar-refractivity contribution in [3.8, 4) is 5.75 Å². The van der Waals surface area contributed by atoms with Crippen molar-refractivity contribution in [2.75, 3.05) is 23.7 Å². The van der Waals surface area contributed by atoms with Gasteiger partial charge < -0.3 is 16.2 Å². The number of carbonyl (C=O) groups is 1. The van der Waals surface area contributed by atoms with Gasteiger partial charge in [0.25, 0.3) is 5.91 Å². The fourth-order valence-electron chi connectivity index (χ4n) is 2.63. The number of ether oxygens (including phenoxy) is 1. The van der Waals surface area contributed by atoms with Crippen LogP contribution in [0.1, 0.15) is 24.5 Å². The SMILES string of the molecule is NCCCCN1C(=O)C(c2ccccc2)Oc2ccc(N)nc21. The van der Waals surface area contributed by atoms with E-state index in [-0.39, 0.29) is 5.91 Å². The molecule has 3 rings (SSSR count). The van der Waals surface area contributed by atoms with Crippen molar-refractivity contribution in [2.24, 2.45) is 5.73 Å². The molecule has 4 N–H and O–H groups in total. The third-order valence-corrected chi connectivity index (χ3v) is 3.79. The number of hydrogen-bond acceptors (Lipinski definition) is 5. The number of pyridine rings is 1. The Morgan fingerprint density at radius 2 is 1.91 bits per heavy atom. The maximum atomic E-state index is 12.9. The normalized spacial score (nSPS) is 16.8. The van der Waals surface area contributed by atoms with Crippen molar-refractivity contribution in [1.29, 1.82) is 0 Å². The molecule has 6 nitrogen and oxygen atoms in total. The molecule has 6 heteroatoms. The second kappa shape index (κ2) is 6.66. The molecule has 1 aromatic heterocycles. The quantitative estimate of drug-likeness (QED) is 0.822. The first-order valence-electron chi connectivity index (χ1n) is 7.70. The number of carbonyl (C=O) groups excluding carboxylic acids is 1. The van der Waals surface area contributed by atoms with Crippen molar-refractivity contribution in [3.05, 3.63) is 48.0 Å². The number of hydrogen-bond donors (Lipinski definition) is 2. The molecule has 1 aliphatic rings. The van der Waals surface area contributed by atoms with Crippen LogP contribution in [0.5, 0.6) is 5.75 Å². The molecular weight excluding hydrogens is 292 g/mol. The highest BCUT2D eigenvalue weighted by Gasteiger charge is 2.36. The van der Waals surface area contributed by atoms with Crippen LogP contribution in [0.25, 0.3) is 0 Å². The maximum Gasteiger partial charge on any atom is 0.274 e. The summed E-state index contributed by atoms with van der Waals surface area (Å²) in [6, 6.07) is 12.9.